The number of amides is 2. The van der Waals surface area contributed by atoms with E-state index in [-0.39, 0.29) is 35.6 Å². The number of hydrogen-bond donors (Lipinski definition) is 4. The summed E-state index contributed by atoms with van der Waals surface area (Å²) in [4.78, 5) is 29.8. The molecule has 4 N–H and O–H groups in total. The highest BCUT2D eigenvalue weighted by Gasteiger charge is 2.33. The second-order valence-electron chi connectivity index (χ2n) is 8.40. The van der Waals surface area contributed by atoms with Crippen molar-refractivity contribution >= 4 is 34.8 Å². The molecule has 1 aliphatic heterocycles. The number of hydroxylamine groups is 1. The molecule has 3 heterocycles. The maximum absolute atomic E-state index is 13.1. The number of aryl methyl sites for hydroxylation is 1. The van der Waals surface area contributed by atoms with E-state index >= 15 is 0 Å². The van der Waals surface area contributed by atoms with E-state index < -0.39 is 12.0 Å². The lowest BCUT2D eigenvalue weighted by atomic mass is 10.1. The van der Waals surface area contributed by atoms with E-state index in [1.165, 1.54) is 6.08 Å². The Kier molecular flexibility index (Phi) is 6.72. The molecule has 2 atom stereocenters. The van der Waals surface area contributed by atoms with Crippen molar-refractivity contribution in [1.29, 1.82) is 5.41 Å². The van der Waals surface area contributed by atoms with Gasteiger partial charge in [0.25, 0.3) is 11.8 Å². The summed E-state index contributed by atoms with van der Waals surface area (Å²) in [5.74, 6) is -0.0741. The Morgan fingerprint density at radius 3 is 2.80 bits per heavy atom. The molecule has 1 fully saturated rings. The normalized spacial score (nSPS) is 18.2. The second-order valence-corrected chi connectivity index (χ2v) is 8.40. The number of likely N-dealkylation sites (tertiary alicyclic amines) is 1. The van der Waals surface area contributed by atoms with Crippen LogP contribution in [-0.2, 0) is 5.04 Å². The van der Waals surface area contributed by atoms with Crippen molar-refractivity contribution in [1.82, 2.24) is 15.4 Å². The van der Waals surface area contributed by atoms with Gasteiger partial charge in [-0.2, -0.15) is 5.48 Å². The lowest BCUT2D eigenvalue weighted by Gasteiger charge is -2.21. The number of aliphatic hydroxyl groups is 1. The molecule has 2 aromatic heterocycles. The summed E-state index contributed by atoms with van der Waals surface area (Å²) >= 11 is 0. The second kappa shape index (κ2) is 9.72. The molecule has 0 bridgehead atoms. The highest BCUT2D eigenvalue weighted by atomic mass is 19.3. The number of nitrogens with one attached hydrogen (secondary N) is 3. The topological polar surface area (TPSA) is 141 Å². The molecule has 1 aliphatic rings. The first-order valence-electron chi connectivity index (χ1n) is 10.9. The number of halogens is 1. The zero-order valence-electron chi connectivity index (χ0n) is 19.3. The van der Waals surface area contributed by atoms with Crippen molar-refractivity contribution in [2.24, 2.45) is 0 Å². The van der Waals surface area contributed by atoms with Gasteiger partial charge in [0, 0.05) is 42.5 Å². The Balaban J connectivity index is 1.62. The molecule has 4 rings (SSSR count). The summed E-state index contributed by atoms with van der Waals surface area (Å²) in [5, 5.41) is 21.1. The maximum Gasteiger partial charge on any atom is 0.281 e. The molecular formula is C24H25FN4O6. The monoisotopic (exact) mass is 484 g/mol. The number of ether oxygens (including phenoxy) is 1. The summed E-state index contributed by atoms with van der Waals surface area (Å²) in [5.41, 5.74) is 3.69. The number of nitrogens with zero attached hydrogens (tertiary/aromatic N) is 1. The number of aliphatic hydroxyl groups excluding tert-OH is 1. The summed E-state index contributed by atoms with van der Waals surface area (Å²) in [6.07, 6.45) is 4.07. The fourth-order valence-corrected chi connectivity index (χ4v) is 4.42. The standard InChI is InChI=1S/C24H25FN4O6/c1-12-8-15(30)11-29(12)24(32)18-10-27-22(13(18)2)19(6-7-26)34-16-4-5-17-20(9-16)33-14(3)21(17)23(31)28-35-25/h4-7,9-10,12,15,26-27,30H,8,11H2,1-3H3,(H,28,31)/b19-6+,26-7?/t12-,15-/m1/s1. The molecule has 1 saturated heterocycles. The number of aromatic nitrogens is 1. The van der Waals surface area contributed by atoms with Crippen molar-refractivity contribution in [3.05, 3.63) is 58.6 Å². The van der Waals surface area contributed by atoms with Crippen LogP contribution < -0.4 is 10.2 Å². The van der Waals surface area contributed by atoms with E-state index in [1.807, 2.05) is 6.92 Å². The number of benzene rings is 1. The van der Waals surface area contributed by atoms with Crippen LogP contribution in [0.5, 0.6) is 5.75 Å². The molecule has 0 unspecified atom stereocenters. The molecule has 3 aromatic rings. The first-order valence-corrected chi connectivity index (χ1v) is 10.9. The summed E-state index contributed by atoms with van der Waals surface area (Å²) < 4.78 is 23.7. The van der Waals surface area contributed by atoms with E-state index in [2.05, 4.69) is 10.0 Å². The molecule has 1 aromatic carbocycles. The van der Waals surface area contributed by atoms with Gasteiger partial charge in [-0.3, -0.25) is 9.59 Å². The number of rotatable bonds is 7. The fourth-order valence-electron chi connectivity index (χ4n) is 4.42. The van der Waals surface area contributed by atoms with E-state index in [1.54, 1.807) is 48.6 Å². The number of aromatic amines is 1. The number of H-pyrrole nitrogens is 1. The summed E-state index contributed by atoms with van der Waals surface area (Å²) in [7, 11) is 0. The van der Waals surface area contributed by atoms with Crippen LogP contribution >= 0.6 is 0 Å². The SMILES string of the molecule is Cc1oc2cc(O/C(=C/C=N)c3[nH]cc(C(=O)N4C[C@H](O)C[C@H]4C)c3C)ccc2c1C(=O)NOF. The first-order chi connectivity index (χ1) is 16.7. The third-order valence-corrected chi connectivity index (χ3v) is 6.09. The minimum atomic E-state index is -0.791. The van der Waals surface area contributed by atoms with Gasteiger partial charge in [0.05, 0.1) is 22.9 Å². The smallest absolute Gasteiger partial charge is 0.281 e. The lowest BCUT2D eigenvalue weighted by molar-refractivity contribution is -0.176. The third kappa shape index (κ3) is 4.55. The van der Waals surface area contributed by atoms with E-state index in [0.29, 0.717) is 40.0 Å². The van der Waals surface area contributed by atoms with Crippen LogP contribution in [0.25, 0.3) is 16.7 Å². The quantitative estimate of drug-likeness (QED) is 0.229. The number of fused-ring (bicyclic) bond motifs is 1. The van der Waals surface area contributed by atoms with Crippen molar-refractivity contribution in [2.45, 2.75) is 39.3 Å². The number of hydrogen-bond acceptors (Lipinski definition) is 7. The van der Waals surface area contributed by atoms with Crippen LogP contribution in [0.1, 0.15) is 51.1 Å². The van der Waals surface area contributed by atoms with Crippen LogP contribution in [0.3, 0.4) is 0 Å². The molecule has 0 saturated carbocycles. The third-order valence-electron chi connectivity index (χ3n) is 6.09. The van der Waals surface area contributed by atoms with Crippen LogP contribution in [0.2, 0.25) is 0 Å². The Hall–Kier alpha value is -3.96. The molecule has 0 spiro atoms. The predicted octanol–water partition coefficient (Wildman–Crippen LogP) is 3.59. The molecule has 2 amide bonds. The van der Waals surface area contributed by atoms with Crippen molar-refractivity contribution in [2.75, 3.05) is 6.54 Å². The predicted molar refractivity (Wildman–Crippen MR) is 125 cm³/mol. The number of β-amino-alcohol motifs (C(OH)–C–C–N with tert-alkyl or cyclic N) is 1. The average molecular weight is 484 g/mol. The van der Waals surface area contributed by atoms with Gasteiger partial charge in [-0.1, -0.05) is 5.04 Å². The van der Waals surface area contributed by atoms with Crippen molar-refractivity contribution in [3.63, 3.8) is 0 Å². The van der Waals surface area contributed by atoms with Crippen LogP contribution in [-0.4, -0.2) is 51.7 Å². The van der Waals surface area contributed by atoms with E-state index in [4.69, 9.17) is 14.6 Å². The zero-order chi connectivity index (χ0) is 25.3. The molecule has 0 aliphatic carbocycles. The minimum absolute atomic E-state index is 0.0741. The number of furan rings is 1. The zero-order valence-corrected chi connectivity index (χ0v) is 19.3. The van der Waals surface area contributed by atoms with Gasteiger partial charge in [-0.25, -0.2) is 0 Å². The van der Waals surface area contributed by atoms with E-state index in [0.717, 1.165) is 6.21 Å². The molecule has 184 valence electrons. The van der Waals surface area contributed by atoms with Gasteiger partial charge < -0.3 is 29.6 Å². The highest BCUT2D eigenvalue weighted by Crippen LogP contribution is 2.32. The number of allylic oxidation sites excluding steroid dienone is 1. The van der Waals surface area contributed by atoms with Crippen LogP contribution in [0.4, 0.5) is 4.53 Å². The Labute approximate surface area is 199 Å². The number of carbonyl (C=O) groups is 2. The Bertz CT molecular complexity index is 1330. The Morgan fingerprint density at radius 2 is 2.14 bits per heavy atom. The lowest BCUT2D eigenvalue weighted by Crippen LogP contribution is -2.34. The molecule has 10 nitrogen and oxygen atoms in total. The fraction of sp³-hybridized carbons (Fsp3) is 0.292. The molecular weight excluding hydrogens is 459 g/mol. The van der Waals surface area contributed by atoms with Gasteiger partial charge >= 0.3 is 0 Å². The minimum Gasteiger partial charge on any atom is -0.460 e. The van der Waals surface area contributed by atoms with Gasteiger partial charge in [-0.05, 0) is 49.4 Å². The number of carbonyl (C=O) groups excluding carboxylic acids is 2. The van der Waals surface area contributed by atoms with E-state index in [9.17, 15) is 19.2 Å². The van der Waals surface area contributed by atoms with Gasteiger partial charge in [0.1, 0.15) is 17.1 Å². The van der Waals surface area contributed by atoms with Gasteiger partial charge in [0.2, 0.25) is 0 Å². The van der Waals surface area contributed by atoms with Crippen molar-refractivity contribution in [3.8, 4) is 5.75 Å². The molecule has 11 heteroatoms. The van der Waals surface area contributed by atoms with Gasteiger partial charge in [0.15, 0.2) is 5.76 Å². The summed E-state index contributed by atoms with van der Waals surface area (Å²) in [6, 6.07) is 4.67. The summed E-state index contributed by atoms with van der Waals surface area (Å²) in [6.45, 7) is 5.51. The molecule has 0 radical (unpaired) electrons. The van der Waals surface area contributed by atoms with Crippen LogP contribution in [0, 0.1) is 19.3 Å². The van der Waals surface area contributed by atoms with Crippen LogP contribution in [0.15, 0.2) is 34.9 Å². The highest BCUT2D eigenvalue weighted by molar-refractivity contribution is 6.07. The Morgan fingerprint density at radius 1 is 1.37 bits per heavy atom. The molecule has 35 heavy (non-hydrogen) atoms. The van der Waals surface area contributed by atoms with Crippen molar-refractivity contribution < 1.29 is 33.4 Å². The van der Waals surface area contributed by atoms with Gasteiger partial charge in [-0.15, -0.1) is 0 Å². The largest absolute Gasteiger partial charge is 0.460 e. The average Bonchev–Trinajstić information content (AvgIpc) is 3.46. The maximum atomic E-state index is 13.1. The first kappa shape index (κ1) is 24.2.